The van der Waals surface area contributed by atoms with Gasteiger partial charge in [-0.05, 0) is 37.0 Å². The van der Waals surface area contributed by atoms with E-state index < -0.39 is 0 Å². The van der Waals surface area contributed by atoms with Crippen molar-refractivity contribution < 1.29 is 9.53 Å². The van der Waals surface area contributed by atoms with Crippen LogP contribution in [0.5, 0.6) is 5.75 Å². The quantitative estimate of drug-likeness (QED) is 0.804. The largest absolute Gasteiger partial charge is 0.494 e. The first-order valence-corrected chi connectivity index (χ1v) is 7.79. The maximum atomic E-state index is 12.0. The number of benzene rings is 1. The molecule has 1 amide bonds. The van der Waals surface area contributed by atoms with E-state index in [1.54, 1.807) is 0 Å². The van der Waals surface area contributed by atoms with Crippen LogP contribution in [0.2, 0.25) is 0 Å². The third-order valence-electron chi connectivity index (χ3n) is 3.95. The molecule has 0 fully saturated rings. The minimum atomic E-state index is 0.102. The van der Waals surface area contributed by atoms with Gasteiger partial charge in [-0.2, -0.15) is 5.10 Å². The van der Waals surface area contributed by atoms with Gasteiger partial charge in [0.25, 0.3) is 0 Å². The first kappa shape index (κ1) is 14.6. The smallest absolute Gasteiger partial charge is 0.220 e. The minimum Gasteiger partial charge on any atom is -0.494 e. The molecular formula is C17H21N3O2. The number of carbonyl (C=O) groups is 1. The van der Waals surface area contributed by atoms with Crippen LogP contribution < -0.4 is 10.1 Å². The molecule has 0 aliphatic heterocycles. The van der Waals surface area contributed by atoms with Gasteiger partial charge in [-0.3, -0.25) is 9.89 Å². The Hall–Kier alpha value is -2.30. The van der Waals surface area contributed by atoms with Crippen molar-refractivity contribution in [2.24, 2.45) is 0 Å². The van der Waals surface area contributed by atoms with Crippen molar-refractivity contribution in [2.75, 3.05) is 6.61 Å². The molecule has 1 aromatic carbocycles. The normalized spacial score (nSPS) is 16.8. The molecule has 0 radical (unpaired) electrons. The molecule has 1 unspecified atom stereocenters. The second-order valence-electron chi connectivity index (χ2n) is 5.65. The van der Waals surface area contributed by atoms with Gasteiger partial charge in [-0.25, -0.2) is 0 Å². The summed E-state index contributed by atoms with van der Waals surface area (Å²) in [4.78, 5) is 12.0. The molecule has 116 valence electrons. The molecule has 22 heavy (non-hydrogen) atoms. The average Bonchev–Trinajstić information content (AvgIpc) is 3.00. The summed E-state index contributed by atoms with van der Waals surface area (Å²) in [6.07, 6.45) is 5.92. The van der Waals surface area contributed by atoms with Crippen LogP contribution in [-0.2, 0) is 17.6 Å². The number of hydrogen-bond donors (Lipinski definition) is 2. The lowest BCUT2D eigenvalue weighted by molar-refractivity contribution is -0.122. The summed E-state index contributed by atoms with van der Waals surface area (Å²) in [7, 11) is 0. The van der Waals surface area contributed by atoms with Gasteiger partial charge in [0.2, 0.25) is 5.91 Å². The number of aromatic nitrogens is 2. The number of H-pyrrole nitrogens is 1. The zero-order valence-electron chi connectivity index (χ0n) is 12.5. The zero-order chi connectivity index (χ0) is 15.2. The number of hydrogen-bond acceptors (Lipinski definition) is 3. The summed E-state index contributed by atoms with van der Waals surface area (Å²) < 4.78 is 5.59. The molecule has 5 heteroatoms. The van der Waals surface area contributed by atoms with Gasteiger partial charge >= 0.3 is 0 Å². The maximum absolute atomic E-state index is 12.0. The Labute approximate surface area is 130 Å². The van der Waals surface area contributed by atoms with Crippen LogP contribution in [-0.4, -0.2) is 28.8 Å². The van der Waals surface area contributed by atoms with Crippen molar-refractivity contribution in [3.63, 3.8) is 0 Å². The maximum Gasteiger partial charge on any atom is 0.220 e. The van der Waals surface area contributed by atoms with Crippen LogP contribution in [0.1, 0.15) is 30.5 Å². The number of carbonyl (C=O) groups excluding carboxylic acids is 1. The first-order valence-electron chi connectivity index (χ1n) is 7.79. The minimum absolute atomic E-state index is 0.102. The number of para-hydroxylation sites is 1. The van der Waals surface area contributed by atoms with Crippen LogP contribution in [0, 0.1) is 0 Å². The molecule has 2 N–H and O–H groups in total. The van der Waals surface area contributed by atoms with Crippen LogP contribution in [0.4, 0.5) is 0 Å². The molecule has 0 saturated heterocycles. The third kappa shape index (κ3) is 3.87. The van der Waals surface area contributed by atoms with Crippen molar-refractivity contribution in [3.8, 4) is 5.75 Å². The second-order valence-corrected chi connectivity index (χ2v) is 5.65. The predicted molar refractivity (Wildman–Crippen MR) is 83.7 cm³/mol. The van der Waals surface area contributed by atoms with Crippen molar-refractivity contribution in [2.45, 2.75) is 38.1 Å². The topological polar surface area (TPSA) is 67.0 Å². The van der Waals surface area contributed by atoms with E-state index in [1.807, 2.05) is 36.5 Å². The molecule has 0 spiro atoms. The van der Waals surface area contributed by atoms with Gasteiger partial charge in [0.05, 0.1) is 12.8 Å². The van der Waals surface area contributed by atoms with E-state index in [2.05, 4.69) is 15.5 Å². The van der Waals surface area contributed by atoms with E-state index in [1.165, 1.54) is 5.56 Å². The van der Waals surface area contributed by atoms with Crippen LogP contribution >= 0.6 is 0 Å². The van der Waals surface area contributed by atoms with Gasteiger partial charge in [0.1, 0.15) is 5.75 Å². The Balaban J connectivity index is 1.35. The van der Waals surface area contributed by atoms with Crippen LogP contribution in [0.25, 0.3) is 0 Å². The van der Waals surface area contributed by atoms with E-state index >= 15 is 0 Å². The standard InChI is InChI=1S/C17H21N3O2/c21-17(7-4-10-22-15-5-2-1-3-6-15)19-14-9-8-13-12-18-20-16(13)11-14/h1-3,5-6,12,14H,4,7-11H2,(H,18,20)(H,19,21). The molecule has 0 bridgehead atoms. The molecule has 1 aliphatic rings. The summed E-state index contributed by atoms with van der Waals surface area (Å²) in [5.41, 5.74) is 2.44. The summed E-state index contributed by atoms with van der Waals surface area (Å²) in [5, 5.41) is 10.2. The van der Waals surface area contributed by atoms with Crippen LogP contribution in [0.3, 0.4) is 0 Å². The molecule has 1 atom stereocenters. The number of nitrogens with one attached hydrogen (secondary N) is 2. The Morgan fingerprint density at radius 3 is 3.09 bits per heavy atom. The van der Waals surface area contributed by atoms with Gasteiger partial charge < -0.3 is 10.1 Å². The second kappa shape index (κ2) is 7.11. The van der Waals surface area contributed by atoms with E-state index in [9.17, 15) is 4.79 Å². The van der Waals surface area contributed by atoms with Gasteiger partial charge in [-0.1, -0.05) is 18.2 Å². The van der Waals surface area contributed by atoms with E-state index in [0.717, 1.165) is 37.1 Å². The number of nitrogens with zero attached hydrogens (tertiary/aromatic N) is 1. The fourth-order valence-electron chi connectivity index (χ4n) is 2.77. The summed E-state index contributed by atoms with van der Waals surface area (Å²) >= 11 is 0. The number of aromatic amines is 1. The van der Waals surface area contributed by atoms with Gasteiger partial charge in [0, 0.05) is 24.6 Å². The molecular weight excluding hydrogens is 278 g/mol. The fraction of sp³-hybridized carbons (Fsp3) is 0.412. The summed E-state index contributed by atoms with van der Waals surface area (Å²) in [6.45, 7) is 0.562. The fourth-order valence-corrected chi connectivity index (χ4v) is 2.77. The number of rotatable bonds is 6. The molecule has 1 aromatic heterocycles. The number of aryl methyl sites for hydroxylation is 1. The highest BCUT2D eigenvalue weighted by Crippen LogP contribution is 2.18. The van der Waals surface area contributed by atoms with Gasteiger partial charge in [-0.15, -0.1) is 0 Å². The van der Waals surface area contributed by atoms with Gasteiger partial charge in [0.15, 0.2) is 0 Å². The predicted octanol–water partition coefficient (Wildman–Crippen LogP) is 2.24. The number of fused-ring (bicyclic) bond motifs is 1. The summed E-state index contributed by atoms with van der Waals surface area (Å²) in [6, 6.07) is 9.89. The lowest BCUT2D eigenvalue weighted by Gasteiger charge is -2.22. The van der Waals surface area contributed by atoms with E-state index in [4.69, 9.17) is 4.74 Å². The molecule has 5 nitrogen and oxygen atoms in total. The average molecular weight is 299 g/mol. The monoisotopic (exact) mass is 299 g/mol. The van der Waals surface area contributed by atoms with E-state index in [0.29, 0.717) is 13.0 Å². The molecule has 2 aromatic rings. The Morgan fingerprint density at radius 2 is 2.23 bits per heavy atom. The molecule has 1 aliphatic carbocycles. The number of ether oxygens (including phenoxy) is 1. The molecule has 1 heterocycles. The SMILES string of the molecule is O=C(CCCOc1ccccc1)NC1CCc2cn[nH]c2C1. The van der Waals surface area contributed by atoms with Crippen LogP contribution in [0.15, 0.2) is 36.5 Å². The Bertz CT molecular complexity index is 609. The highest BCUT2D eigenvalue weighted by Gasteiger charge is 2.21. The Morgan fingerprint density at radius 1 is 1.36 bits per heavy atom. The third-order valence-corrected chi connectivity index (χ3v) is 3.95. The zero-order valence-corrected chi connectivity index (χ0v) is 12.5. The number of amides is 1. The highest BCUT2D eigenvalue weighted by atomic mass is 16.5. The van der Waals surface area contributed by atoms with Crippen molar-refractivity contribution >= 4 is 5.91 Å². The molecule has 3 rings (SSSR count). The first-order chi connectivity index (χ1) is 10.8. The highest BCUT2D eigenvalue weighted by molar-refractivity contribution is 5.76. The van der Waals surface area contributed by atoms with E-state index in [-0.39, 0.29) is 11.9 Å². The Kier molecular flexibility index (Phi) is 4.73. The molecule has 0 saturated carbocycles. The lowest BCUT2D eigenvalue weighted by atomic mass is 9.93. The van der Waals surface area contributed by atoms with Crippen molar-refractivity contribution in [3.05, 3.63) is 47.8 Å². The van der Waals surface area contributed by atoms with Crippen molar-refractivity contribution in [1.29, 1.82) is 0 Å². The summed E-state index contributed by atoms with van der Waals surface area (Å²) in [5.74, 6) is 0.951. The van der Waals surface area contributed by atoms with Crippen molar-refractivity contribution in [1.82, 2.24) is 15.5 Å². The lowest BCUT2D eigenvalue weighted by Crippen LogP contribution is -2.38.